The number of Topliss-reactive ketones (excluding diaryl/α,β-unsaturated/α-hetero) is 2. The van der Waals surface area contributed by atoms with E-state index in [9.17, 15) is 19.2 Å². The summed E-state index contributed by atoms with van der Waals surface area (Å²) in [6, 6.07) is 17.1. The van der Waals surface area contributed by atoms with Crippen LogP contribution in [0.4, 0.5) is 0 Å². The second kappa shape index (κ2) is 14.0. The van der Waals surface area contributed by atoms with Gasteiger partial charge in [-0.05, 0) is 32.9 Å². The van der Waals surface area contributed by atoms with E-state index in [0.717, 1.165) is 16.0 Å². The monoisotopic (exact) mass is 570 g/mol. The summed E-state index contributed by atoms with van der Waals surface area (Å²) in [6.45, 7) is 4.93. The lowest BCUT2D eigenvalue weighted by atomic mass is 9.98. The fourth-order valence-corrected chi connectivity index (χ4v) is 5.51. The Labute approximate surface area is 237 Å². The molecule has 0 N–H and O–H groups in total. The largest absolute Gasteiger partial charge is 0.455 e. The lowest BCUT2D eigenvalue weighted by Gasteiger charge is -2.48. The van der Waals surface area contributed by atoms with E-state index in [-0.39, 0.29) is 43.9 Å². The third kappa shape index (κ3) is 8.23. The maximum absolute atomic E-state index is 12.9. The van der Waals surface area contributed by atoms with Gasteiger partial charge in [0.15, 0.2) is 18.5 Å². The average molecular weight is 571 g/mol. The van der Waals surface area contributed by atoms with Crippen molar-refractivity contribution < 1.29 is 42.9 Å². The second-order valence-corrected chi connectivity index (χ2v) is 11.1. The van der Waals surface area contributed by atoms with Crippen LogP contribution in [0.1, 0.15) is 56.9 Å². The third-order valence-corrected chi connectivity index (χ3v) is 7.68. The summed E-state index contributed by atoms with van der Waals surface area (Å²) in [7, 11) is 0. The molecule has 10 heteroatoms. The molecule has 2 aliphatic heterocycles. The van der Waals surface area contributed by atoms with E-state index < -0.39 is 48.1 Å². The maximum atomic E-state index is 12.9. The van der Waals surface area contributed by atoms with Gasteiger partial charge in [0.25, 0.3) is 0 Å². The quantitative estimate of drug-likeness (QED) is 0.358. The van der Waals surface area contributed by atoms with E-state index in [1.165, 1.54) is 25.6 Å². The molecule has 2 aromatic rings. The number of thioether (sulfide) groups is 1. The zero-order chi connectivity index (χ0) is 28.6. The molecule has 0 unspecified atom stereocenters. The normalized spacial score (nSPS) is 25.9. The van der Waals surface area contributed by atoms with Gasteiger partial charge in [-0.2, -0.15) is 0 Å². The Morgan fingerprint density at radius 2 is 1.40 bits per heavy atom. The molecule has 40 heavy (non-hydrogen) atoms. The Hall–Kier alpha value is -3.05. The van der Waals surface area contributed by atoms with Crippen molar-refractivity contribution in [1.29, 1.82) is 0 Å². The number of carbonyl (C=O) groups is 4. The SMILES string of the molecule is CC(=O)CCC(=O)O[C@H]1[C@H]2O[C@@H](c3ccccc3)OC[C@H]2O[C@@H](Sc2ccc(C)cc2)[C@@H]1OC(=O)CCC(C)=O. The van der Waals surface area contributed by atoms with Crippen molar-refractivity contribution in [2.75, 3.05) is 6.61 Å². The lowest BCUT2D eigenvalue weighted by Crippen LogP contribution is -2.63. The topological polar surface area (TPSA) is 114 Å². The van der Waals surface area contributed by atoms with Gasteiger partial charge in [-0.25, -0.2) is 0 Å². The first-order valence-electron chi connectivity index (χ1n) is 13.3. The van der Waals surface area contributed by atoms with Crippen LogP contribution in [0.15, 0.2) is 59.5 Å². The first-order valence-corrected chi connectivity index (χ1v) is 14.2. The van der Waals surface area contributed by atoms with Gasteiger partial charge in [0.1, 0.15) is 29.2 Å². The highest BCUT2D eigenvalue weighted by Crippen LogP contribution is 2.41. The first-order chi connectivity index (χ1) is 19.2. The molecule has 0 aromatic heterocycles. The van der Waals surface area contributed by atoms with Gasteiger partial charge in [-0.1, -0.05) is 59.8 Å². The zero-order valence-corrected chi connectivity index (χ0v) is 23.6. The van der Waals surface area contributed by atoms with Crippen molar-refractivity contribution in [2.45, 2.75) is 87.5 Å². The Morgan fingerprint density at radius 3 is 2.00 bits per heavy atom. The molecule has 2 saturated heterocycles. The molecule has 4 rings (SSSR count). The maximum Gasteiger partial charge on any atom is 0.306 e. The van der Waals surface area contributed by atoms with E-state index in [4.69, 9.17) is 23.7 Å². The smallest absolute Gasteiger partial charge is 0.306 e. The van der Waals surface area contributed by atoms with Gasteiger partial charge in [-0.15, -0.1) is 0 Å². The van der Waals surface area contributed by atoms with Crippen LogP contribution in [-0.2, 0) is 42.9 Å². The van der Waals surface area contributed by atoms with E-state index in [1.54, 1.807) is 0 Å². The molecule has 214 valence electrons. The molecule has 2 aromatic carbocycles. The van der Waals surface area contributed by atoms with Crippen LogP contribution in [0.3, 0.4) is 0 Å². The highest BCUT2D eigenvalue weighted by atomic mass is 32.2. The Bertz CT molecular complexity index is 1180. The van der Waals surface area contributed by atoms with Crippen LogP contribution < -0.4 is 0 Å². The number of ether oxygens (including phenoxy) is 5. The van der Waals surface area contributed by atoms with E-state index in [0.29, 0.717) is 0 Å². The van der Waals surface area contributed by atoms with Crippen molar-refractivity contribution in [3.8, 4) is 0 Å². The molecule has 0 radical (unpaired) electrons. The number of ketones is 2. The number of hydrogen-bond donors (Lipinski definition) is 0. The lowest BCUT2D eigenvalue weighted by molar-refractivity contribution is -0.321. The van der Waals surface area contributed by atoms with Crippen LogP contribution in [0, 0.1) is 6.92 Å². The highest BCUT2D eigenvalue weighted by molar-refractivity contribution is 7.99. The minimum absolute atomic E-state index is 0.0252. The summed E-state index contributed by atoms with van der Waals surface area (Å²) < 4.78 is 30.4. The molecular formula is C30H34O9S. The molecule has 0 spiro atoms. The molecular weight excluding hydrogens is 536 g/mol. The highest BCUT2D eigenvalue weighted by Gasteiger charge is 2.54. The van der Waals surface area contributed by atoms with Crippen LogP contribution >= 0.6 is 11.8 Å². The number of rotatable bonds is 11. The number of aryl methyl sites for hydroxylation is 1. The predicted octanol–water partition coefficient (Wildman–Crippen LogP) is 4.49. The minimum atomic E-state index is -1.05. The molecule has 2 fully saturated rings. The summed E-state index contributed by atoms with van der Waals surface area (Å²) in [5.74, 6) is -1.52. The summed E-state index contributed by atoms with van der Waals surface area (Å²) in [6.07, 6.45) is -4.48. The average Bonchev–Trinajstić information content (AvgIpc) is 2.94. The summed E-state index contributed by atoms with van der Waals surface area (Å²) in [4.78, 5) is 49.6. The molecule has 0 amide bonds. The standard InChI is InChI=1S/C30H34O9S/c1-18-9-13-22(14-10-18)40-30-28(38-25(34)16-12-20(3)32)27(37-24(33)15-11-19(2)31)26-23(36-30)17-35-29(39-26)21-7-5-4-6-8-21/h4-10,13-14,23,26-30H,11-12,15-17H2,1-3H3/t23-,26+,27+,28-,29+,30+/m1/s1. The Morgan fingerprint density at radius 1 is 0.800 bits per heavy atom. The fourth-order valence-electron chi connectivity index (χ4n) is 4.41. The van der Waals surface area contributed by atoms with Crippen molar-refractivity contribution in [2.24, 2.45) is 0 Å². The minimum Gasteiger partial charge on any atom is -0.455 e. The number of fused-ring (bicyclic) bond motifs is 1. The number of carbonyl (C=O) groups excluding carboxylic acids is 4. The Kier molecular flexibility index (Phi) is 10.5. The van der Waals surface area contributed by atoms with Crippen molar-refractivity contribution in [1.82, 2.24) is 0 Å². The van der Waals surface area contributed by atoms with Gasteiger partial charge >= 0.3 is 11.9 Å². The zero-order valence-electron chi connectivity index (χ0n) is 22.8. The first kappa shape index (κ1) is 29.9. The van der Waals surface area contributed by atoms with Crippen LogP contribution in [0.5, 0.6) is 0 Å². The van der Waals surface area contributed by atoms with Crippen molar-refractivity contribution in [3.05, 3.63) is 65.7 Å². The molecule has 6 atom stereocenters. The summed E-state index contributed by atoms with van der Waals surface area (Å²) in [5, 5.41) is 0. The van der Waals surface area contributed by atoms with Crippen molar-refractivity contribution in [3.63, 3.8) is 0 Å². The molecule has 0 aliphatic carbocycles. The van der Waals surface area contributed by atoms with Crippen LogP contribution in [0.25, 0.3) is 0 Å². The van der Waals surface area contributed by atoms with E-state index in [2.05, 4.69) is 0 Å². The molecule has 9 nitrogen and oxygen atoms in total. The summed E-state index contributed by atoms with van der Waals surface area (Å²) in [5.41, 5.74) is 1.09. The van der Waals surface area contributed by atoms with Crippen LogP contribution in [-0.4, -0.2) is 60.0 Å². The Balaban J connectivity index is 1.64. The van der Waals surface area contributed by atoms with Crippen molar-refractivity contribution >= 4 is 35.3 Å². The van der Waals surface area contributed by atoms with Gasteiger partial charge in [0.2, 0.25) is 0 Å². The fraction of sp³-hybridized carbons (Fsp3) is 0.467. The van der Waals surface area contributed by atoms with Gasteiger partial charge in [-0.3, -0.25) is 9.59 Å². The number of benzene rings is 2. The van der Waals surface area contributed by atoms with E-state index >= 15 is 0 Å². The van der Waals surface area contributed by atoms with Gasteiger partial charge in [0.05, 0.1) is 19.4 Å². The van der Waals surface area contributed by atoms with Gasteiger partial charge in [0, 0.05) is 23.3 Å². The number of esters is 2. The number of hydrogen-bond acceptors (Lipinski definition) is 10. The van der Waals surface area contributed by atoms with E-state index in [1.807, 2.05) is 61.5 Å². The van der Waals surface area contributed by atoms with Crippen LogP contribution in [0.2, 0.25) is 0 Å². The van der Waals surface area contributed by atoms with Gasteiger partial charge < -0.3 is 33.3 Å². The second-order valence-electron chi connectivity index (χ2n) is 9.96. The predicted molar refractivity (Wildman–Crippen MR) is 145 cm³/mol. The molecule has 0 bridgehead atoms. The molecule has 2 heterocycles. The summed E-state index contributed by atoms with van der Waals surface area (Å²) >= 11 is 1.33. The third-order valence-electron chi connectivity index (χ3n) is 6.53. The molecule has 0 saturated carbocycles. The molecule has 2 aliphatic rings.